The quantitative estimate of drug-likeness (QED) is 0.437. The number of ether oxygens (including phenoxy) is 3. The van der Waals surface area contributed by atoms with Gasteiger partial charge in [-0.15, -0.1) is 0 Å². The summed E-state index contributed by atoms with van der Waals surface area (Å²) in [4.78, 5) is 17.7. The molecule has 1 aromatic heterocycles. The molecule has 4 aromatic rings. The first-order valence-corrected chi connectivity index (χ1v) is 10.6. The minimum atomic E-state index is -0.261. The molecule has 0 bridgehead atoms. The molecular formula is C26H27N3O4. The van der Waals surface area contributed by atoms with E-state index in [9.17, 15) is 4.79 Å². The van der Waals surface area contributed by atoms with Gasteiger partial charge < -0.3 is 24.1 Å². The Kier molecular flexibility index (Phi) is 6.49. The molecule has 1 N–H and O–H groups in total. The number of carbonyl (C=O) groups is 1. The van der Waals surface area contributed by atoms with E-state index in [-0.39, 0.29) is 12.5 Å². The van der Waals surface area contributed by atoms with Crippen molar-refractivity contribution < 1.29 is 19.0 Å². The zero-order valence-electron chi connectivity index (χ0n) is 19.2. The van der Waals surface area contributed by atoms with E-state index >= 15 is 0 Å². The molecule has 170 valence electrons. The van der Waals surface area contributed by atoms with Crippen molar-refractivity contribution in [1.82, 2.24) is 14.9 Å². The lowest BCUT2D eigenvalue weighted by atomic mass is 10.1. The van der Waals surface area contributed by atoms with Gasteiger partial charge in [0.25, 0.3) is 5.91 Å². The number of methoxy groups -OCH3 is 3. The van der Waals surface area contributed by atoms with Crippen LogP contribution >= 0.6 is 0 Å². The van der Waals surface area contributed by atoms with Crippen molar-refractivity contribution in [1.29, 1.82) is 0 Å². The molecule has 0 saturated carbocycles. The molecule has 7 nitrogen and oxygen atoms in total. The van der Waals surface area contributed by atoms with Gasteiger partial charge in [0.05, 0.1) is 38.9 Å². The van der Waals surface area contributed by atoms with E-state index in [0.29, 0.717) is 29.4 Å². The molecule has 3 aromatic carbocycles. The second-order valence-corrected chi connectivity index (χ2v) is 7.69. The van der Waals surface area contributed by atoms with Crippen molar-refractivity contribution in [3.05, 3.63) is 83.2 Å². The fourth-order valence-electron chi connectivity index (χ4n) is 3.79. The first kappa shape index (κ1) is 22.2. The Morgan fingerprint density at radius 1 is 0.939 bits per heavy atom. The second-order valence-electron chi connectivity index (χ2n) is 7.69. The molecular weight excluding hydrogens is 418 g/mol. The predicted molar refractivity (Wildman–Crippen MR) is 127 cm³/mol. The summed E-state index contributed by atoms with van der Waals surface area (Å²) >= 11 is 0. The minimum Gasteiger partial charge on any atom is -0.493 e. The Balaban J connectivity index is 1.61. The van der Waals surface area contributed by atoms with Crippen LogP contribution in [-0.4, -0.2) is 36.8 Å². The van der Waals surface area contributed by atoms with E-state index in [1.54, 1.807) is 12.1 Å². The van der Waals surface area contributed by atoms with Crippen LogP contribution in [-0.2, 0) is 13.1 Å². The van der Waals surface area contributed by atoms with Crippen LogP contribution in [0.25, 0.3) is 11.0 Å². The molecule has 1 amide bonds. The summed E-state index contributed by atoms with van der Waals surface area (Å²) in [5.74, 6) is 1.81. The third-order valence-corrected chi connectivity index (χ3v) is 5.53. The molecule has 0 spiro atoms. The third-order valence-electron chi connectivity index (χ3n) is 5.53. The van der Waals surface area contributed by atoms with Gasteiger partial charge in [-0.25, -0.2) is 4.98 Å². The molecule has 0 aliphatic heterocycles. The molecule has 7 heteroatoms. The largest absolute Gasteiger partial charge is 0.493 e. The Morgan fingerprint density at radius 3 is 2.24 bits per heavy atom. The van der Waals surface area contributed by atoms with E-state index in [2.05, 4.69) is 41.1 Å². The summed E-state index contributed by atoms with van der Waals surface area (Å²) < 4.78 is 18.2. The minimum absolute atomic E-state index is 0.261. The predicted octanol–water partition coefficient (Wildman–Crippen LogP) is 4.35. The third kappa shape index (κ3) is 4.62. The van der Waals surface area contributed by atoms with Crippen LogP contribution in [0.15, 0.2) is 60.7 Å². The maximum Gasteiger partial charge on any atom is 0.251 e. The Bertz CT molecular complexity index is 1250. The fraction of sp³-hybridized carbons (Fsp3) is 0.231. The van der Waals surface area contributed by atoms with Gasteiger partial charge in [0.1, 0.15) is 5.82 Å². The van der Waals surface area contributed by atoms with Crippen LogP contribution in [0.5, 0.6) is 17.2 Å². The fourth-order valence-corrected chi connectivity index (χ4v) is 3.79. The number of rotatable bonds is 8. The van der Waals surface area contributed by atoms with Crippen molar-refractivity contribution in [2.24, 2.45) is 0 Å². The summed E-state index contributed by atoms with van der Waals surface area (Å²) in [7, 11) is 4.57. The lowest BCUT2D eigenvalue weighted by Crippen LogP contribution is -2.25. The monoisotopic (exact) mass is 445 g/mol. The highest BCUT2D eigenvalue weighted by Gasteiger charge is 2.18. The van der Waals surface area contributed by atoms with Gasteiger partial charge in [-0.3, -0.25) is 4.79 Å². The zero-order valence-corrected chi connectivity index (χ0v) is 19.2. The van der Waals surface area contributed by atoms with Crippen LogP contribution in [0.1, 0.15) is 27.3 Å². The molecule has 0 atom stereocenters. The number of imidazole rings is 1. The number of aryl methyl sites for hydroxylation is 1. The van der Waals surface area contributed by atoms with Crippen molar-refractivity contribution >= 4 is 16.9 Å². The van der Waals surface area contributed by atoms with Crippen LogP contribution in [0, 0.1) is 6.92 Å². The number of carbonyl (C=O) groups excluding carboxylic acids is 1. The van der Waals surface area contributed by atoms with Crippen LogP contribution < -0.4 is 19.5 Å². The molecule has 0 aliphatic carbocycles. The van der Waals surface area contributed by atoms with E-state index in [1.807, 2.05) is 24.3 Å². The molecule has 33 heavy (non-hydrogen) atoms. The number of fused-ring (bicyclic) bond motifs is 1. The van der Waals surface area contributed by atoms with E-state index in [4.69, 9.17) is 19.2 Å². The van der Waals surface area contributed by atoms with E-state index in [0.717, 1.165) is 16.9 Å². The normalized spacial score (nSPS) is 10.8. The Hall–Kier alpha value is -4.00. The van der Waals surface area contributed by atoms with Gasteiger partial charge in [-0.1, -0.05) is 42.0 Å². The van der Waals surface area contributed by atoms with Crippen molar-refractivity contribution in [3.63, 3.8) is 0 Å². The van der Waals surface area contributed by atoms with Crippen molar-refractivity contribution in [2.75, 3.05) is 21.3 Å². The van der Waals surface area contributed by atoms with Gasteiger partial charge >= 0.3 is 0 Å². The van der Waals surface area contributed by atoms with Gasteiger partial charge in [-0.2, -0.15) is 0 Å². The number of nitrogens with one attached hydrogen (secondary N) is 1. The SMILES string of the molecule is COc1cc(C(=O)NCc2nc3ccccc3n2Cc2ccc(C)cc2)cc(OC)c1OC. The Labute approximate surface area is 192 Å². The number of hydrogen-bond acceptors (Lipinski definition) is 5. The number of amides is 1. The number of benzene rings is 3. The van der Waals surface area contributed by atoms with E-state index in [1.165, 1.54) is 32.5 Å². The first-order chi connectivity index (χ1) is 16.0. The lowest BCUT2D eigenvalue weighted by Gasteiger charge is -2.14. The highest BCUT2D eigenvalue weighted by Crippen LogP contribution is 2.38. The summed E-state index contributed by atoms with van der Waals surface area (Å²) in [5.41, 5.74) is 4.70. The summed E-state index contributed by atoms with van der Waals surface area (Å²) in [6, 6.07) is 19.7. The summed E-state index contributed by atoms with van der Waals surface area (Å²) in [5, 5.41) is 2.98. The van der Waals surface area contributed by atoms with E-state index < -0.39 is 0 Å². The molecule has 1 heterocycles. The number of hydrogen-bond donors (Lipinski definition) is 1. The first-order valence-electron chi connectivity index (χ1n) is 10.6. The second kappa shape index (κ2) is 9.65. The standard InChI is InChI=1S/C26H27N3O4/c1-17-9-11-18(12-10-17)16-29-21-8-6-5-7-20(21)28-24(29)15-27-26(30)19-13-22(31-2)25(33-4)23(14-19)32-3/h5-14H,15-16H2,1-4H3,(H,27,30). The number of para-hydroxylation sites is 2. The molecule has 0 unspecified atom stereocenters. The number of nitrogens with zero attached hydrogens (tertiary/aromatic N) is 2. The topological polar surface area (TPSA) is 74.6 Å². The summed E-state index contributed by atoms with van der Waals surface area (Å²) in [6.07, 6.45) is 0. The smallest absolute Gasteiger partial charge is 0.251 e. The molecule has 0 aliphatic rings. The molecule has 4 rings (SSSR count). The van der Waals surface area contributed by atoms with Gasteiger partial charge in [0.2, 0.25) is 5.75 Å². The lowest BCUT2D eigenvalue weighted by molar-refractivity contribution is 0.0948. The number of aromatic nitrogens is 2. The average Bonchev–Trinajstić information content (AvgIpc) is 3.20. The maximum absolute atomic E-state index is 13.0. The Morgan fingerprint density at radius 2 is 1.61 bits per heavy atom. The highest BCUT2D eigenvalue weighted by molar-refractivity contribution is 5.95. The molecule has 0 radical (unpaired) electrons. The molecule has 0 fully saturated rings. The zero-order chi connectivity index (χ0) is 23.4. The average molecular weight is 446 g/mol. The van der Waals surface area contributed by atoms with Gasteiger partial charge in [0, 0.05) is 12.1 Å². The van der Waals surface area contributed by atoms with Crippen LogP contribution in [0.2, 0.25) is 0 Å². The highest BCUT2D eigenvalue weighted by atomic mass is 16.5. The van der Waals surface area contributed by atoms with Crippen molar-refractivity contribution in [2.45, 2.75) is 20.0 Å². The van der Waals surface area contributed by atoms with Crippen LogP contribution in [0.3, 0.4) is 0 Å². The van der Waals surface area contributed by atoms with Crippen molar-refractivity contribution in [3.8, 4) is 17.2 Å². The van der Waals surface area contributed by atoms with Gasteiger partial charge in [0.15, 0.2) is 11.5 Å². The maximum atomic E-state index is 13.0. The van der Waals surface area contributed by atoms with Crippen LogP contribution in [0.4, 0.5) is 0 Å². The summed E-state index contributed by atoms with van der Waals surface area (Å²) in [6.45, 7) is 3.01. The molecule has 0 saturated heterocycles. The van der Waals surface area contributed by atoms with Gasteiger partial charge in [-0.05, 0) is 36.8 Å².